The molecule has 1 aliphatic rings. The molecular formula is C16H25N5O2. The smallest absolute Gasteiger partial charge is 0.146 e. The summed E-state index contributed by atoms with van der Waals surface area (Å²) in [5, 5.41) is 13.8. The molecule has 2 aromatic rings. The lowest BCUT2D eigenvalue weighted by Gasteiger charge is -2.26. The molecule has 0 aliphatic carbocycles. The number of ether oxygens (including phenoxy) is 1. The molecule has 0 aromatic carbocycles. The van der Waals surface area contributed by atoms with Crippen LogP contribution < -0.4 is 5.32 Å². The number of nitrogens with one attached hydrogen (secondary N) is 1. The van der Waals surface area contributed by atoms with E-state index in [9.17, 15) is 5.11 Å². The van der Waals surface area contributed by atoms with Gasteiger partial charge in [0.05, 0.1) is 25.2 Å². The van der Waals surface area contributed by atoms with E-state index < -0.39 is 0 Å². The molecule has 2 N–H and O–H groups in total. The highest BCUT2D eigenvalue weighted by Crippen LogP contribution is 2.28. The van der Waals surface area contributed by atoms with Crippen LogP contribution in [0.25, 0.3) is 11.0 Å². The van der Waals surface area contributed by atoms with E-state index in [1.54, 1.807) is 6.33 Å². The van der Waals surface area contributed by atoms with Gasteiger partial charge in [0, 0.05) is 38.4 Å². The first kappa shape index (κ1) is 16.2. The molecule has 0 atom stereocenters. The van der Waals surface area contributed by atoms with E-state index >= 15 is 0 Å². The lowest BCUT2D eigenvalue weighted by molar-refractivity contribution is 0.0398. The molecule has 0 amide bonds. The zero-order valence-electron chi connectivity index (χ0n) is 13.9. The second-order valence-corrected chi connectivity index (χ2v) is 5.89. The van der Waals surface area contributed by atoms with Crippen molar-refractivity contribution in [2.24, 2.45) is 0 Å². The summed E-state index contributed by atoms with van der Waals surface area (Å²) in [6.45, 7) is 10.2. The van der Waals surface area contributed by atoms with Crippen molar-refractivity contribution in [2.75, 3.05) is 51.3 Å². The van der Waals surface area contributed by atoms with Gasteiger partial charge in [-0.2, -0.15) is 0 Å². The fraction of sp³-hybridized carbons (Fsp3) is 0.625. The standard InChI is InChI=1S/C16H25N5O2/c1-12-13(2)21(5-8-22)16-14(12)15(18-11-19-16)17-3-4-20-6-9-23-10-7-20/h11,22H,3-10H2,1-2H3,(H,17,18,19). The summed E-state index contributed by atoms with van der Waals surface area (Å²) in [6, 6.07) is 0. The molecule has 0 spiro atoms. The average molecular weight is 319 g/mol. The molecule has 1 aliphatic heterocycles. The Balaban J connectivity index is 1.76. The Morgan fingerprint density at radius 1 is 1.22 bits per heavy atom. The van der Waals surface area contributed by atoms with Crippen molar-refractivity contribution in [1.29, 1.82) is 0 Å². The third-order valence-corrected chi connectivity index (χ3v) is 4.55. The monoisotopic (exact) mass is 319 g/mol. The summed E-state index contributed by atoms with van der Waals surface area (Å²) in [4.78, 5) is 11.2. The van der Waals surface area contributed by atoms with E-state index in [0.29, 0.717) is 6.54 Å². The van der Waals surface area contributed by atoms with Crippen molar-refractivity contribution in [3.8, 4) is 0 Å². The maximum absolute atomic E-state index is 9.27. The van der Waals surface area contributed by atoms with Crippen LogP contribution in [0.1, 0.15) is 11.3 Å². The van der Waals surface area contributed by atoms with E-state index in [-0.39, 0.29) is 6.61 Å². The minimum absolute atomic E-state index is 0.105. The van der Waals surface area contributed by atoms with Crippen LogP contribution in [0.5, 0.6) is 0 Å². The van der Waals surface area contributed by atoms with Gasteiger partial charge in [-0.15, -0.1) is 0 Å². The zero-order chi connectivity index (χ0) is 16.2. The number of aryl methyl sites for hydroxylation is 1. The molecule has 3 heterocycles. The Morgan fingerprint density at radius 2 is 2.00 bits per heavy atom. The summed E-state index contributed by atoms with van der Waals surface area (Å²) >= 11 is 0. The number of aliphatic hydroxyl groups is 1. The van der Waals surface area contributed by atoms with Gasteiger partial charge in [0.25, 0.3) is 0 Å². The highest BCUT2D eigenvalue weighted by atomic mass is 16.5. The Morgan fingerprint density at radius 3 is 2.74 bits per heavy atom. The van der Waals surface area contributed by atoms with Crippen LogP contribution in [0, 0.1) is 13.8 Å². The molecule has 23 heavy (non-hydrogen) atoms. The number of hydrogen-bond donors (Lipinski definition) is 2. The zero-order valence-corrected chi connectivity index (χ0v) is 13.9. The number of nitrogens with zero attached hydrogens (tertiary/aromatic N) is 4. The molecule has 1 fully saturated rings. The quantitative estimate of drug-likeness (QED) is 0.820. The number of aliphatic hydroxyl groups excluding tert-OH is 1. The third kappa shape index (κ3) is 3.31. The fourth-order valence-corrected chi connectivity index (χ4v) is 3.13. The summed E-state index contributed by atoms with van der Waals surface area (Å²) in [5.74, 6) is 0.876. The normalized spacial score (nSPS) is 16.1. The Bertz CT molecular complexity index is 664. The first-order valence-corrected chi connectivity index (χ1v) is 8.17. The fourth-order valence-electron chi connectivity index (χ4n) is 3.13. The van der Waals surface area contributed by atoms with E-state index in [1.807, 2.05) is 0 Å². The molecule has 3 rings (SSSR count). The molecule has 7 nitrogen and oxygen atoms in total. The van der Waals surface area contributed by atoms with Gasteiger partial charge < -0.3 is 19.7 Å². The minimum atomic E-state index is 0.105. The molecule has 126 valence electrons. The van der Waals surface area contributed by atoms with Gasteiger partial charge in [-0.1, -0.05) is 0 Å². The van der Waals surface area contributed by atoms with E-state index in [1.165, 1.54) is 5.56 Å². The molecule has 0 saturated carbocycles. The van der Waals surface area contributed by atoms with Crippen molar-refractivity contribution in [3.05, 3.63) is 17.6 Å². The van der Waals surface area contributed by atoms with Gasteiger partial charge in [0.15, 0.2) is 0 Å². The van der Waals surface area contributed by atoms with Crippen LogP contribution in [-0.4, -0.2) is 70.5 Å². The predicted octanol–water partition coefficient (Wildman–Crippen LogP) is 0.785. The molecular weight excluding hydrogens is 294 g/mol. The molecule has 0 radical (unpaired) electrons. The highest BCUT2D eigenvalue weighted by molar-refractivity contribution is 5.91. The van der Waals surface area contributed by atoms with Crippen LogP contribution in [0.4, 0.5) is 5.82 Å². The largest absolute Gasteiger partial charge is 0.395 e. The van der Waals surface area contributed by atoms with Crippen molar-refractivity contribution in [2.45, 2.75) is 20.4 Å². The highest BCUT2D eigenvalue weighted by Gasteiger charge is 2.16. The first-order chi connectivity index (χ1) is 11.2. The lowest BCUT2D eigenvalue weighted by Crippen LogP contribution is -2.39. The molecule has 7 heteroatoms. The van der Waals surface area contributed by atoms with Gasteiger partial charge in [-0.25, -0.2) is 9.97 Å². The first-order valence-electron chi connectivity index (χ1n) is 8.17. The van der Waals surface area contributed by atoms with E-state index in [4.69, 9.17) is 4.74 Å². The van der Waals surface area contributed by atoms with Crippen molar-refractivity contribution >= 4 is 16.9 Å². The Kier molecular flexibility index (Phi) is 5.09. The van der Waals surface area contributed by atoms with Crippen LogP contribution in [0.2, 0.25) is 0 Å². The average Bonchev–Trinajstić information content (AvgIpc) is 2.82. The number of aromatic nitrogens is 3. The van der Waals surface area contributed by atoms with Crippen molar-refractivity contribution in [1.82, 2.24) is 19.4 Å². The Hall–Kier alpha value is -1.70. The second-order valence-electron chi connectivity index (χ2n) is 5.89. The number of morpholine rings is 1. The van der Waals surface area contributed by atoms with Gasteiger partial charge in [0.2, 0.25) is 0 Å². The van der Waals surface area contributed by atoms with Gasteiger partial charge in [0.1, 0.15) is 17.8 Å². The number of hydrogen-bond acceptors (Lipinski definition) is 6. The van der Waals surface area contributed by atoms with Gasteiger partial charge in [-0.05, 0) is 19.4 Å². The van der Waals surface area contributed by atoms with Gasteiger partial charge in [-0.3, -0.25) is 4.90 Å². The van der Waals surface area contributed by atoms with E-state index in [0.717, 1.165) is 61.9 Å². The number of rotatable bonds is 6. The van der Waals surface area contributed by atoms with Crippen LogP contribution in [0.15, 0.2) is 6.33 Å². The maximum atomic E-state index is 9.27. The molecule has 1 saturated heterocycles. The molecule has 0 unspecified atom stereocenters. The summed E-state index contributed by atoms with van der Waals surface area (Å²) in [7, 11) is 0. The Labute approximate surface area is 136 Å². The molecule has 2 aromatic heterocycles. The topological polar surface area (TPSA) is 75.4 Å². The third-order valence-electron chi connectivity index (χ3n) is 4.55. The summed E-state index contributed by atoms with van der Waals surface area (Å²) in [6.07, 6.45) is 1.59. The summed E-state index contributed by atoms with van der Waals surface area (Å²) in [5.41, 5.74) is 3.19. The number of fused-ring (bicyclic) bond motifs is 1. The van der Waals surface area contributed by atoms with E-state index in [2.05, 4.69) is 38.6 Å². The SMILES string of the molecule is Cc1c(C)n(CCO)c2ncnc(NCCN3CCOCC3)c12. The minimum Gasteiger partial charge on any atom is -0.395 e. The van der Waals surface area contributed by atoms with Crippen LogP contribution >= 0.6 is 0 Å². The predicted molar refractivity (Wildman–Crippen MR) is 89.8 cm³/mol. The van der Waals surface area contributed by atoms with Crippen molar-refractivity contribution in [3.63, 3.8) is 0 Å². The summed E-state index contributed by atoms with van der Waals surface area (Å²) < 4.78 is 7.43. The number of anilines is 1. The second kappa shape index (κ2) is 7.25. The van der Waals surface area contributed by atoms with Crippen molar-refractivity contribution < 1.29 is 9.84 Å². The lowest BCUT2D eigenvalue weighted by atomic mass is 10.2. The van der Waals surface area contributed by atoms with Gasteiger partial charge >= 0.3 is 0 Å². The maximum Gasteiger partial charge on any atom is 0.146 e. The van der Waals surface area contributed by atoms with Crippen LogP contribution in [0.3, 0.4) is 0 Å². The molecule has 0 bridgehead atoms. The van der Waals surface area contributed by atoms with Crippen LogP contribution in [-0.2, 0) is 11.3 Å².